The first-order valence-corrected chi connectivity index (χ1v) is 10.5. The van der Waals surface area contributed by atoms with Gasteiger partial charge in [0.05, 0.1) is 6.42 Å². The van der Waals surface area contributed by atoms with Gasteiger partial charge >= 0.3 is 5.97 Å². The number of hydrogen-bond acceptors (Lipinski definition) is 4. The Morgan fingerprint density at radius 1 is 1.17 bits per heavy atom. The Morgan fingerprint density at radius 2 is 1.74 bits per heavy atom. The molecule has 2 saturated carbocycles. The van der Waals surface area contributed by atoms with Crippen molar-refractivity contribution in [2.45, 2.75) is 68.2 Å². The predicted octanol–water partition coefficient (Wildman–Crippen LogP) is 3.11. The summed E-state index contributed by atoms with van der Waals surface area (Å²) in [6.07, 6.45) is 5.80. The topological polar surface area (TPSA) is 74.7 Å². The van der Waals surface area contributed by atoms with E-state index >= 15 is 0 Å². The highest BCUT2D eigenvalue weighted by Crippen LogP contribution is 2.40. The van der Waals surface area contributed by atoms with Crippen molar-refractivity contribution >= 4 is 27.3 Å². The summed E-state index contributed by atoms with van der Waals surface area (Å²) >= 11 is 1.10. The summed E-state index contributed by atoms with van der Waals surface area (Å²) in [4.78, 5) is 11.4. The summed E-state index contributed by atoms with van der Waals surface area (Å²) in [5.74, 6) is -0.255. The highest BCUT2D eigenvalue weighted by Gasteiger charge is 2.43. The van der Waals surface area contributed by atoms with Crippen LogP contribution in [-0.2, 0) is 21.2 Å². The fraction of sp³-hybridized carbons (Fsp3) is 0.688. The molecule has 1 N–H and O–H groups in total. The molecule has 0 saturated heterocycles. The second kappa shape index (κ2) is 6.53. The maximum absolute atomic E-state index is 13.1. The zero-order valence-electron chi connectivity index (χ0n) is 13.3. The molecule has 128 valence electrons. The molecule has 2 aliphatic rings. The Hall–Kier alpha value is -0.920. The van der Waals surface area contributed by atoms with Crippen molar-refractivity contribution in [3.63, 3.8) is 0 Å². The number of carboxylic acid groups (broad SMARTS) is 1. The van der Waals surface area contributed by atoms with Crippen LogP contribution in [0.2, 0.25) is 0 Å². The van der Waals surface area contributed by atoms with E-state index in [0.29, 0.717) is 15.0 Å². The van der Waals surface area contributed by atoms with Crippen LogP contribution in [0.5, 0.6) is 0 Å². The number of thiophene rings is 1. The van der Waals surface area contributed by atoms with Crippen LogP contribution >= 0.6 is 11.3 Å². The summed E-state index contributed by atoms with van der Waals surface area (Å²) in [5, 5.41) is 8.86. The number of carboxylic acids is 1. The van der Waals surface area contributed by atoms with Crippen molar-refractivity contribution in [1.29, 1.82) is 0 Å². The van der Waals surface area contributed by atoms with E-state index in [-0.39, 0.29) is 18.5 Å². The van der Waals surface area contributed by atoms with Crippen LogP contribution < -0.4 is 0 Å². The van der Waals surface area contributed by atoms with E-state index < -0.39 is 16.0 Å². The van der Waals surface area contributed by atoms with E-state index in [2.05, 4.69) is 6.92 Å². The Balaban J connectivity index is 1.83. The molecular formula is C16H23NO4S2. The molecule has 0 unspecified atom stereocenters. The van der Waals surface area contributed by atoms with E-state index in [1.54, 1.807) is 16.4 Å². The van der Waals surface area contributed by atoms with Crippen molar-refractivity contribution in [3.8, 4) is 0 Å². The first-order valence-electron chi connectivity index (χ1n) is 8.22. The molecular weight excluding hydrogens is 334 g/mol. The first-order chi connectivity index (χ1) is 10.9. The molecule has 2 fully saturated rings. The van der Waals surface area contributed by atoms with Gasteiger partial charge in [0.2, 0.25) is 0 Å². The van der Waals surface area contributed by atoms with Gasteiger partial charge in [0.15, 0.2) is 0 Å². The highest BCUT2D eigenvalue weighted by molar-refractivity contribution is 7.91. The standard InChI is InChI=1S/C16H23NO4S2/c1-11-2-4-12(5-3-11)17(13-6-7-13)23(20,21)16-9-8-14(22-16)10-15(18)19/h8-9,11-13H,2-7,10H2,1H3,(H,18,19). The summed E-state index contributed by atoms with van der Waals surface area (Å²) < 4.78 is 28.2. The molecule has 1 aromatic rings. The monoisotopic (exact) mass is 357 g/mol. The Labute approximate surface area is 141 Å². The minimum absolute atomic E-state index is 0.105. The molecule has 2 aliphatic carbocycles. The SMILES string of the molecule is CC1CCC(N(C2CC2)S(=O)(=O)c2ccc(CC(=O)O)s2)CC1. The van der Waals surface area contributed by atoms with Crippen LogP contribution in [0.1, 0.15) is 50.3 Å². The Kier molecular flexibility index (Phi) is 4.80. The van der Waals surface area contributed by atoms with E-state index in [1.165, 1.54) is 0 Å². The lowest BCUT2D eigenvalue weighted by atomic mass is 9.87. The third kappa shape index (κ3) is 3.78. The molecule has 0 atom stereocenters. The van der Waals surface area contributed by atoms with Gasteiger partial charge in [0.25, 0.3) is 10.0 Å². The van der Waals surface area contributed by atoms with Gasteiger partial charge in [0.1, 0.15) is 4.21 Å². The van der Waals surface area contributed by atoms with Crippen molar-refractivity contribution in [2.75, 3.05) is 0 Å². The molecule has 0 aliphatic heterocycles. The Bertz CT molecular complexity index is 670. The lowest BCUT2D eigenvalue weighted by molar-refractivity contribution is -0.136. The Morgan fingerprint density at radius 3 is 2.26 bits per heavy atom. The lowest BCUT2D eigenvalue weighted by Gasteiger charge is -2.35. The largest absolute Gasteiger partial charge is 0.481 e. The van der Waals surface area contributed by atoms with Gasteiger partial charge in [-0.15, -0.1) is 11.3 Å². The van der Waals surface area contributed by atoms with Crippen molar-refractivity contribution in [1.82, 2.24) is 4.31 Å². The quantitative estimate of drug-likeness (QED) is 0.849. The average molecular weight is 357 g/mol. The lowest BCUT2D eigenvalue weighted by Crippen LogP contribution is -2.43. The molecule has 1 heterocycles. The molecule has 0 spiro atoms. The summed E-state index contributed by atoms with van der Waals surface area (Å²) in [7, 11) is -3.51. The van der Waals surface area contributed by atoms with Gasteiger partial charge in [-0.25, -0.2) is 8.42 Å². The van der Waals surface area contributed by atoms with Crippen LogP contribution in [0.15, 0.2) is 16.3 Å². The van der Waals surface area contributed by atoms with Gasteiger partial charge < -0.3 is 5.11 Å². The van der Waals surface area contributed by atoms with Crippen LogP contribution in [0.25, 0.3) is 0 Å². The molecule has 5 nitrogen and oxygen atoms in total. The smallest absolute Gasteiger partial charge is 0.308 e. The number of sulfonamides is 1. The van der Waals surface area contributed by atoms with E-state index in [9.17, 15) is 13.2 Å². The molecule has 0 amide bonds. The van der Waals surface area contributed by atoms with Gasteiger partial charge in [-0.1, -0.05) is 6.92 Å². The number of rotatable bonds is 6. The zero-order valence-corrected chi connectivity index (χ0v) is 14.9. The van der Waals surface area contributed by atoms with E-state index in [4.69, 9.17) is 5.11 Å². The minimum Gasteiger partial charge on any atom is -0.481 e. The highest BCUT2D eigenvalue weighted by atomic mass is 32.2. The fourth-order valence-corrected chi connectivity index (χ4v) is 6.74. The van der Waals surface area contributed by atoms with E-state index in [0.717, 1.165) is 49.9 Å². The number of nitrogens with zero attached hydrogens (tertiary/aromatic N) is 1. The summed E-state index contributed by atoms with van der Waals surface area (Å²) in [5.41, 5.74) is 0. The first kappa shape index (κ1) is 16.9. The van der Waals surface area contributed by atoms with Crippen LogP contribution in [0, 0.1) is 5.92 Å². The second-order valence-corrected chi connectivity index (χ2v) is 10.0. The average Bonchev–Trinajstić information content (AvgIpc) is 3.18. The van der Waals surface area contributed by atoms with Gasteiger partial charge in [-0.05, 0) is 56.6 Å². The second-order valence-electron chi connectivity index (χ2n) is 6.77. The predicted molar refractivity (Wildman–Crippen MR) is 89.1 cm³/mol. The minimum atomic E-state index is -3.51. The molecule has 0 radical (unpaired) electrons. The van der Waals surface area contributed by atoms with Gasteiger partial charge in [-0.3, -0.25) is 4.79 Å². The number of hydrogen-bond donors (Lipinski definition) is 1. The maximum atomic E-state index is 13.1. The third-order valence-corrected chi connectivity index (χ3v) is 8.30. The number of aliphatic carboxylic acids is 1. The fourth-order valence-electron chi connectivity index (χ4n) is 3.36. The van der Waals surface area contributed by atoms with Crippen molar-refractivity contribution in [2.24, 2.45) is 5.92 Å². The summed E-state index contributed by atoms with van der Waals surface area (Å²) in [6.45, 7) is 2.23. The maximum Gasteiger partial charge on any atom is 0.308 e. The number of carbonyl (C=O) groups is 1. The van der Waals surface area contributed by atoms with Gasteiger partial charge in [-0.2, -0.15) is 4.31 Å². The molecule has 1 aromatic heterocycles. The molecule has 3 rings (SSSR count). The van der Waals surface area contributed by atoms with Crippen LogP contribution in [0.3, 0.4) is 0 Å². The third-order valence-electron chi connectivity index (χ3n) is 4.75. The van der Waals surface area contributed by atoms with Gasteiger partial charge in [0, 0.05) is 17.0 Å². The van der Waals surface area contributed by atoms with Crippen LogP contribution in [0.4, 0.5) is 0 Å². The van der Waals surface area contributed by atoms with E-state index in [1.807, 2.05) is 0 Å². The molecule has 0 aromatic carbocycles. The van der Waals surface area contributed by atoms with Crippen molar-refractivity contribution < 1.29 is 18.3 Å². The van der Waals surface area contributed by atoms with Crippen LogP contribution in [-0.4, -0.2) is 35.9 Å². The summed E-state index contributed by atoms with van der Waals surface area (Å²) in [6, 6.07) is 3.44. The normalized spacial score (nSPS) is 25.7. The molecule has 7 heteroatoms. The zero-order chi connectivity index (χ0) is 16.6. The molecule has 23 heavy (non-hydrogen) atoms. The molecule has 0 bridgehead atoms. The van der Waals surface area contributed by atoms with Crippen molar-refractivity contribution in [3.05, 3.63) is 17.0 Å².